The Morgan fingerprint density at radius 1 is 1.30 bits per heavy atom. The first-order valence-corrected chi connectivity index (χ1v) is 9.27. The standard InChI is InChI=1S/C20H21BrN2O4/c1-4-9-14(5-2)13-27-17-12-23(16-11-8-7-10-15(16)21)22-18(19(17)24)20(25)26-6-3/h4-5,7-12H,6,13H2,1-3H3. The van der Waals surface area contributed by atoms with E-state index < -0.39 is 11.4 Å². The summed E-state index contributed by atoms with van der Waals surface area (Å²) in [4.78, 5) is 24.9. The van der Waals surface area contributed by atoms with Crippen molar-refractivity contribution in [3.63, 3.8) is 0 Å². The van der Waals surface area contributed by atoms with E-state index in [0.717, 1.165) is 10.0 Å². The molecule has 0 fully saturated rings. The van der Waals surface area contributed by atoms with Crippen LogP contribution in [0.2, 0.25) is 0 Å². The Morgan fingerprint density at radius 3 is 2.67 bits per heavy atom. The van der Waals surface area contributed by atoms with Gasteiger partial charge in [0.2, 0.25) is 5.69 Å². The minimum absolute atomic E-state index is 0.0210. The molecule has 0 saturated carbocycles. The van der Waals surface area contributed by atoms with E-state index in [1.54, 1.807) is 13.0 Å². The molecule has 1 heterocycles. The molecule has 2 rings (SSSR count). The summed E-state index contributed by atoms with van der Waals surface area (Å²) in [7, 11) is 0. The van der Waals surface area contributed by atoms with E-state index in [-0.39, 0.29) is 24.7 Å². The second kappa shape index (κ2) is 9.87. The predicted octanol–water partition coefficient (Wildman–Crippen LogP) is 4.07. The fraction of sp³-hybridized carbons (Fsp3) is 0.250. The molecule has 27 heavy (non-hydrogen) atoms. The first kappa shape index (κ1) is 20.6. The lowest BCUT2D eigenvalue weighted by Gasteiger charge is -2.13. The highest BCUT2D eigenvalue weighted by Crippen LogP contribution is 2.21. The van der Waals surface area contributed by atoms with Gasteiger partial charge in [0, 0.05) is 4.47 Å². The van der Waals surface area contributed by atoms with Gasteiger partial charge in [0.1, 0.15) is 6.61 Å². The van der Waals surface area contributed by atoms with E-state index in [0.29, 0.717) is 5.69 Å². The van der Waals surface area contributed by atoms with Crippen molar-refractivity contribution < 1.29 is 14.3 Å². The molecule has 0 saturated heterocycles. The number of aromatic nitrogens is 2. The van der Waals surface area contributed by atoms with Crippen LogP contribution in [0, 0.1) is 0 Å². The molecule has 0 aliphatic carbocycles. The van der Waals surface area contributed by atoms with Crippen molar-refractivity contribution >= 4 is 21.9 Å². The summed E-state index contributed by atoms with van der Waals surface area (Å²) >= 11 is 3.45. The van der Waals surface area contributed by atoms with Gasteiger partial charge in [0.15, 0.2) is 5.75 Å². The minimum atomic E-state index is -0.784. The highest BCUT2D eigenvalue weighted by Gasteiger charge is 2.20. The first-order chi connectivity index (χ1) is 13.0. The molecule has 0 aliphatic heterocycles. The summed E-state index contributed by atoms with van der Waals surface area (Å²) in [6.07, 6.45) is 7.13. The number of ether oxygens (including phenoxy) is 2. The van der Waals surface area contributed by atoms with Gasteiger partial charge < -0.3 is 9.47 Å². The van der Waals surface area contributed by atoms with E-state index in [9.17, 15) is 9.59 Å². The molecule has 0 N–H and O–H groups in total. The number of hydrogen-bond acceptors (Lipinski definition) is 5. The first-order valence-electron chi connectivity index (χ1n) is 8.48. The van der Waals surface area contributed by atoms with Crippen molar-refractivity contribution in [1.29, 1.82) is 0 Å². The lowest BCUT2D eigenvalue weighted by atomic mass is 10.2. The number of rotatable bonds is 7. The molecule has 0 radical (unpaired) electrons. The molecule has 0 amide bonds. The van der Waals surface area contributed by atoms with Crippen LogP contribution in [0.25, 0.3) is 5.69 Å². The minimum Gasteiger partial charge on any atom is -0.483 e. The summed E-state index contributed by atoms with van der Waals surface area (Å²) in [6.45, 7) is 5.78. The zero-order valence-electron chi connectivity index (χ0n) is 15.4. The second-order valence-corrected chi connectivity index (χ2v) is 6.29. The maximum Gasteiger partial charge on any atom is 0.363 e. The Morgan fingerprint density at radius 2 is 2.04 bits per heavy atom. The number of benzene rings is 1. The average molecular weight is 433 g/mol. The second-order valence-electron chi connectivity index (χ2n) is 5.44. The molecule has 6 nitrogen and oxygen atoms in total. The van der Waals surface area contributed by atoms with Crippen molar-refractivity contribution in [3.8, 4) is 11.4 Å². The lowest BCUT2D eigenvalue weighted by molar-refractivity contribution is 0.0514. The molecule has 142 valence electrons. The quantitative estimate of drug-likeness (QED) is 0.486. The summed E-state index contributed by atoms with van der Waals surface area (Å²) in [5.74, 6) is -0.763. The molecular weight excluding hydrogens is 412 g/mol. The van der Waals surface area contributed by atoms with Crippen LogP contribution < -0.4 is 10.2 Å². The van der Waals surface area contributed by atoms with Crippen molar-refractivity contribution in [1.82, 2.24) is 9.78 Å². The number of carbonyl (C=O) groups excluding carboxylic acids is 1. The van der Waals surface area contributed by atoms with Crippen LogP contribution in [0.4, 0.5) is 0 Å². The Hall–Kier alpha value is -2.67. The van der Waals surface area contributed by atoms with Crippen LogP contribution in [0.15, 0.2) is 63.5 Å². The summed E-state index contributed by atoms with van der Waals surface area (Å²) in [5.41, 5.74) is 0.636. The molecule has 0 atom stereocenters. The number of esters is 1. The molecule has 0 aliphatic rings. The largest absolute Gasteiger partial charge is 0.483 e. The molecule has 1 aromatic carbocycles. The third-order valence-electron chi connectivity index (χ3n) is 3.60. The average Bonchev–Trinajstić information content (AvgIpc) is 2.66. The Bertz CT molecular complexity index is 932. The van der Waals surface area contributed by atoms with E-state index in [4.69, 9.17) is 9.47 Å². The van der Waals surface area contributed by atoms with Gasteiger partial charge in [-0.1, -0.05) is 30.4 Å². The summed E-state index contributed by atoms with van der Waals surface area (Å²) in [6, 6.07) is 7.32. The molecule has 1 aromatic heterocycles. The third kappa shape index (κ3) is 5.17. The Labute approximate surface area is 166 Å². The van der Waals surface area contributed by atoms with Gasteiger partial charge in [0.05, 0.1) is 18.5 Å². The van der Waals surface area contributed by atoms with Crippen LogP contribution in [0.3, 0.4) is 0 Å². The normalized spacial score (nSPS) is 11.6. The SMILES string of the molecule is CC=CC(=CC)COc1cn(-c2ccccc2Br)nc(C(=O)OCC)c1=O. The zero-order chi connectivity index (χ0) is 19.8. The maximum atomic E-state index is 12.7. The topological polar surface area (TPSA) is 70.4 Å². The molecule has 7 heteroatoms. The van der Waals surface area contributed by atoms with Crippen LogP contribution in [0.5, 0.6) is 5.75 Å². The van der Waals surface area contributed by atoms with Crippen LogP contribution in [-0.4, -0.2) is 29.0 Å². The van der Waals surface area contributed by atoms with Gasteiger partial charge in [0.25, 0.3) is 5.43 Å². The molecule has 0 bridgehead atoms. The maximum absolute atomic E-state index is 12.7. The highest BCUT2D eigenvalue weighted by atomic mass is 79.9. The number of para-hydroxylation sites is 1. The fourth-order valence-electron chi connectivity index (χ4n) is 2.27. The Balaban J connectivity index is 2.53. The number of hydrogen-bond donors (Lipinski definition) is 0. The van der Waals surface area contributed by atoms with Crippen molar-refractivity contribution in [2.45, 2.75) is 20.8 Å². The van der Waals surface area contributed by atoms with Gasteiger partial charge >= 0.3 is 5.97 Å². The third-order valence-corrected chi connectivity index (χ3v) is 4.27. The van der Waals surface area contributed by atoms with Crippen LogP contribution in [0.1, 0.15) is 31.3 Å². The monoisotopic (exact) mass is 432 g/mol. The number of nitrogens with zero attached hydrogens (tertiary/aromatic N) is 2. The predicted molar refractivity (Wildman–Crippen MR) is 108 cm³/mol. The van der Waals surface area contributed by atoms with Crippen molar-refractivity contribution in [3.05, 3.63) is 74.7 Å². The van der Waals surface area contributed by atoms with Gasteiger partial charge in [-0.15, -0.1) is 0 Å². The number of halogens is 1. The molecule has 2 aromatic rings. The van der Waals surface area contributed by atoms with Crippen LogP contribution >= 0.6 is 15.9 Å². The van der Waals surface area contributed by atoms with Gasteiger partial charge in [-0.2, -0.15) is 5.10 Å². The summed E-state index contributed by atoms with van der Waals surface area (Å²) in [5, 5.41) is 4.16. The molecule has 0 spiro atoms. The van der Waals surface area contributed by atoms with Gasteiger partial charge in [-0.05, 0) is 54.4 Å². The van der Waals surface area contributed by atoms with E-state index >= 15 is 0 Å². The van der Waals surface area contributed by atoms with E-state index in [1.165, 1.54) is 10.9 Å². The lowest BCUT2D eigenvalue weighted by Crippen LogP contribution is -2.25. The number of carbonyl (C=O) groups is 1. The number of allylic oxidation sites excluding steroid dienone is 2. The van der Waals surface area contributed by atoms with Gasteiger partial charge in [-0.3, -0.25) is 4.79 Å². The Kier molecular flexibility index (Phi) is 7.55. The van der Waals surface area contributed by atoms with Gasteiger partial charge in [-0.25, -0.2) is 9.48 Å². The highest BCUT2D eigenvalue weighted by molar-refractivity contribution is 9.10. The molecular formula is C20H21BrN2O4. The smallest absolute Gasteiger partial charge is 0.363 e. The zero-order valence-corrected chi connectivity index (χ0v) is 17.0. The summed E-state index contributed by atoms with van der Waals surface area (Å²) < 4.78 is 12.8. The van der Waals surface area contributed by atoms with E-state index in [2.05, 4.69) is 21.0 Å². The van der Waals surface area contributed by atoms with Crippen molar-refractivity contribution in [2.75, 3.05) is 13.2 Å². The van der Waals surface area contributed by atoms with E-state index in [1.807, 2.05) is 50.3 Å². The molecule has 0 unspecified atom stereocenters. The van der Waals surface area contributed by atoms with Crippen molar-refractivity contribution in [2.24, 2.45) is 0 Å². The van der Waals surface area contributed by atoms with Crippen LogP contribution in [-0.2, 0) is 4.74 Å². The fourth-order valence-corrected chi connectivity index (χ4v) is 2.73.